The Balaban J connectivity index is 4.01. The Morgan fingerprint density at radius 3 is 1.94 bits per heavy atom. The molecule has 0 saturated heterocycles. The van der Waals surface area contributed by atoms with E-state index in [0.29, 0.717) is 0 Å². The number of halogens is 7. The second-order valence-corrected chi connectivity index (χ2v) is 2.44. The summed E-state index contributed by atoms with van der Waals surface area (Å²) in [7, 11) is 0. The molecular weight excluding hydrogens is 253 g/mol. The number of alkyl halides is 7. The maximum absolute atomic E-state index is 12.1. The minimum atomic E-state index is -5.89. The van der Waals surface area contributed by atoms with Gasteiger partial charge in [0, 0.05) is 0 Å². The van der Waals surface area contributed by atoms with E-state index in [4.69, 9.17) is 0 Å². The zero-order valence-electron chi connectivity index (χ0n) is 7.36. The SMILES string of the molecule is O=C(OCC(F)F)OCC(F)(F)C(F)(F)F. The topological polar surface area (TPSA) is 35.5 Å². The molecule has 0 heterocycles. The Labute approximate surface area is 84.1 Å². The molecule has 0 amide bonds. The summed E-state index contributed by atoms with van der Waals surface area (Å²) in [5.74, 6) is -5.25. The second-order valence-electron chi connectivity index (χ2n) is 2.44. The maximum atomic E-state index is 12.1. The van der Waals surface area contributed by atoms with Gasteiger partial charge in [-0.2, -0.15) is 22.0 Å². The predicted molar refractivity (Wildman–Crippen MR) is 34.3 cm³/mol. The molecule has 0 aliphatic heterocycles. The lowest BCUT2D eigenvalue weighted by Crippen LogP contribution is -2.41. The summed E-state index contributed by atoms with van der Waals surface area (Å²) >= 11 is 0. The lowest BCUT2D eigenvalue weighted by atomic mass is 10.3. The molecule has 0 atom stereocenters. The molecule has 96 valence electrons. The predicted octanol–water partition coefficient (Wildman–Crippen LogP) is 2.60. The van der Waals surface area contributed by atoms with E-state index in [1.165, 1.54) is 0 Å². The fourth-order valence-corrected chi connectivity index (χ4v) is 0.404. The number of hydrogen-bond donors (Lipinski definition) is 0. The number of carbonyl (C=O) groups is 1. The smallest absolute Gasteiger partial charge is 0.428 e. The first-order valence-corrected chi connectivity index (χ1v) is 3.58. The van der Waals surface area contributed by atoms with Crippen molar-refractivity contribution in [1.29, 1.82) is 0 Å². The molecule has 0 aromatic carbocycles. The van der Waals surface area contributed by atoms with E-state index in [0.717, 1.165) is 0 Å². The van der Waals surface area contributed by atoms with Crippen molar-refractivity contribution in [1.82, 2.24) is 0 Å². The van der Waals surface area contributed by atoms with Crippen LogP contribution < -0.4 is 0 Å². The maximum Gasteiger partial charge on any atom is 0.508 e. The first-order chi connectivity index (χ1) is 7.06. The first-order valence-electron chi connectivity index (χ1n) is 3.58. The Morgan fingerprint density at radius 2 is 1.56 bits per heavy atom. The van der Waals surface area contributed by atoms with Gasteiger partial charge in [0.25, 0.3) is 6.43 Å². The largest absolute Gasteiger partial charge is 0.508 e. The molecule has 0 rings (SSSR count). The molecule has 0 fully saturated rings. The monoisotopic (exact) mass is 258 g/mol. The lowest BCUT2D eigenvalue weighted by Gasteiger charge is -2.18. The molecule has 0 aromatic rings. The highest BCUT2D eigenvalue weighted by atomic mass is 19.4. The Hall–Kier alpha value is -1.22. The standard InChI is InChI=1S/C6H5F7O3/c7-3(8)1-15-4(14)16-2-5(9,10)6(11,12)13/h3H,1-2H2. The van der Waals surface area contributed by atoms with Crippen LogP contribution in [0.25, 0.3) is 0 Å². The van der Waals surface area contributed by atoms with Gasteiger partial charge in [-0.05, 0) is 0 Å². The number of rotatable bonds is 4. The van der Waals surface area contributed by atoms with Crippen LogP contribution in [-0.2, 0) is 9.47 Å². The summed E-state index contributed by atoms with van der Waals surface area (Å²) in [6.45, 7) is -3.77. The third-order valence-electron chi connectivity index (χ3n) is 1.11. The van der Waals surface area contributed by atoms with Gasteiger partial charge < -0.3 is 9.47 Å². The van der Waals surface area contributed by atoms with Gasteiger partial charge in [0.2, 0.25) is 0 Å². The van der Waals surface area contributed by atoms with E-state index < -0.39 is 37.9 Å². The summed E-state index contributed by atoms with van der Waals surface area (Å²) < 4.78 is 88.3. The summed E-state index contributed by atoms with van der Waals surface area (Å²) in [5, 5.41) is 0. The third kappa shape index (κ3) is 5.03. The van der Waals surface area contributed by atoms with Crippen molar-refractivity contribution in [2.75, 3.05) is 13.2 Å². The van der Waals surface area contributed by atoms with Gasteiger partial charge in [-0.1, -0.05) is 0 Å². The molecule has 0 aromatic heterocycles. The molecule has 0 radical (unpaired) electrons. The molecular formula is C6H5F7O3. The van der Waals surface area contributed by atoms with Gasteiger partial charge in [0.15, 0.2) is 13.2 Å². The molecule has 0 aliphatic carbocycles. The Bertz CT molecular complexity index is 237. The van der Waals surface area contributed by atoms with Gasteiger partial charge in [-0.3, -0.25) is 0 Å². The molecule has 0 unspecified atom stereocenters. The van der Waals surface area contributed by atoms with Crippen molar-refractivity contribution < 1.29 is 45.0 Å². The van der Waals surface area contributed by atoms with Crippen LogP contribution in [0.1, 0.15) is 0 Å². The molecule has 0 saturated carbocycles. The van der Waals surface area contributed by atoms with Crippen LogP contribution in [0.2, 0.25) is 0 Å². The van der Waals surface area contributed by atoms with Gasteiger partial charge in [-0.25, -0.2) is 13.6 Å². The number of carbonyl (C=O) groups excluding carboxylic acids is 1. The van der Waals surface area contributed by atoms with Gasteiger partial charge in [0.1, 0.15) is 0 Å². The average molecular weight is 258 g/mol. The fourth-order valence-electron chi connectivity index (χ4n) is 0.404. The van der Waals surface area contributed by atoms with Gasteiger partial charge in [0.05, 0.1) is 0 Å². The molecule has 16 heavy (non-hydrogen) atoms. The van der Waals surface area contributed by atoms with E-state index in [9.17, 15) is 35.5 Å². The van der Waals surface area contributed by atoms with Crippen LogP contribution in [0.15, 0.2) is 0 Å². The Morgan fingerprint density at radius 1 is 1.06 bits per heavy atom. The highest BCUT2D eigenvalue weighted by molar-refractivity contribution is 5.59. The van der Waals surface area contributed by atoms with Crippen LogP contribution in [0.5, 0.6) is 0 Å². The number of hydrogen-bond acceptors (Lipinski definition) is 3. The summed E-state index contributed by atoms with van der Waals surface area (Å²) in [5.41, 5.74) is 0. The van der Waals surface area contributed by atoms with E-state index in [1.807, 2.05) is 0 Å². The van der Waals surface area contributed by atoms with Crippen molar-refractivity contribution in [3.8, 4) is 0 Å². The minimum absolute atomic E-state index is 1.45. The summed E-state index contributed by atoms with van der Waals surface area (Å²) in [4.78, 5) is 10.2. The van der Waals surface area contributed by atoms with E-state index in [2.05, 4.69) is 9.47 Å². The average Bonchev–Trinajstić information content (AvgIpc) is 2.09. The van der Waals surface area contributed by atoms with Gasteiger partial charge in [-0.15, -0.1) is 0 Å². The van der Waals surface area contributed by atoms with Crippen LogP contribution in [0, 0.1) is 0 Å². The lowest BCUT2D eigenvalue weighted by molar-refractivity contribution is -0.293. The van der Waals surface area contributed by atoms with Crippen molar-refractivity contribution in [3.05, 3.63) is 0 Å². The Kier molecular flexibility index (Phi) is 4.81. The fraction of sp³-hybridized carbons (Fsp3) is 0.833. The summed E-state index contributed by atoms with van der Waals surface area (Å²) in [6, 6.07) is 0. The zero-order valence-corrected chi connectivity index (χ0v) is 7.36. The molecule has 10 heteroatoms. The van der Waals surface area contributed by atoms with Crippen molar-refractivity contribution in [3.63, 3.8) is 0 Å². The number of ether oxygens (including phenoxy) is 2. The van der Waals surface area contributed by atoms with E-state index >= 15 is 0 Å². The van der Waals surface area contributed by atoms with Crippen LogP contribution in [0.4, 0.5) is 35.5 Å². The first kappa shape index (κ1) is 14.8. The second kappa shape index (κ2) is 5.21. The highest BCUT2D eigenvalue weighted by Crippen LogP contribution is 2.35. The molecule has 0 spiro atoms. The van der Waals surface area contributed by atoms with Crippen LogP contribution >= 0.6 is 0 Å². The molecule has 3 nitrogen and oxygen atoms in total. The summed E-state index contributed by atoms with van der Waals surface area (Å²) in [6.07, 6.45) is -11.0. The molecule has 0 bridgehead atoms. The zero-order chi connectivity index (χ0) is 13.0. The van der Waals surface area contributed by atoms with E-state index in [1.54, 1.807) is 0 Å². The van der Waals surface area contributed by atoms with Gasteiger partial charge >= 0.3 is 18.3 Å². The molecule has 0 aliphatic rings. The van der Waals surface area contributed by atoms with Crippen LogP contribution in [-0.4, -0.2) is 37.9 Å². The normalized spacial score (nSPS) is 12.8. The highest BCUT2D eigenvalue weighted by Gasteiger charge is 2.58. The van der Waals surface area contributed by atoms with Crippen molar-refractivity contribution >= 4 is 6.16 Å². The minimum Gasteiger partial charge on any atom is -0.428 e. The van der Waals surface area contributed by atoms with E-state index in [-0.39, 0.29) is 0 Å². The van der Waals surface area contributed by atoms with Crippen molar-refractivity contribution in [2.45, 2.75) is 18.5 Å². The quantitative estimate of drug-likeness (QED) is 0.574. The van der Waals surface area contributed by atoms with Crippen molar-refractivity contribution in [2.24, 2.45) is 0 Å². The third-order valence-corrected chi connectivity index (χ3v) is 1.11. The molecule has 0 N–H and O–H groups in total. The van der Waals surface area contributed by atoms with Crippen LogP contribution in [0.3, 0.4) is 0 Å².